The number of rotatable bonds is 8. The Bertz CT molecular complexity index is 945. The van der Waals surface area contributed by atoms with Crippen molar-refractivity contribution < 1.29 is 23.0 Å². The van der Waals surface area contributed by atoms with Crippen molar-refractivity contribution in [3.8, 4) is 0 Å². The predicted octanol–water partition coefficient (Wildman–Crippen LogP) is 7.57. The molecule has 34 heavy (non-hydrogen) atoms. The Labute approximate surface area is 201 Å². The highest BCUT2D eigenvalue weighted by atomic mass is 19.2. The van der Waals surface area contributed by atoms with E-state index in [-0.39, 0.29) is 23.8 Å². The van der Waals surface area contributed by atoms with Crippen LogP contribution >= 0.6 is 0 Å². The van der Waals surface area contributed by atoms with Crippen LogP contribution in [0, 0.1) is 23.4 Å². The van der Waals surface area contributed by atoms with E-state index in [0.29, 0.717) is 62.4 Å². The van der Waals surface area contributed by atoms with E-state index in [4.69, 9.17) is 4.74 Å². The van der Waals surface area contributed by atoms with Gasteiger partial charge in [0.1, 0.15) is 5.82 Å². The van der Waals surface area contributed by atoms with Crippen LogP contribution in [-0.2, 0) is 17.8 Å². The molecule has 0 heterocycles. The molecular weight excluding hydrogens is 437 g/mol. The van der Waals surface area contributed by atoms with Crippen molar-refractivity contribution in [1.29, 1.82) is 0 Å². The molecule has 0 spiro atoms. The smallest absolute Gasteiger partial charge is 0.162 e. The highest BCUT2D eigenvalue weighted by Gasteiger charge is 2.27. The number of benzene rings is 2. The second-order valence-electron chi connectivity index (χ2n) is 10.2. The third kappa shape index (κ3) is 6.04. The Kier molecular flexibility index (Phi) is 8.70. The maximum Gasteiger partial charge on any atom is 0.162 e. The van der Waals surface area contributed by atoms with Gasteiger partial charge in [0.2, 0.25) is 0 Å². The van der Waals surface area contributed by atoms with Crippen LogP contribution in [0.4, 0.5) is 13.2 Å². The lowest BCUT2D eigenvalue weighted by Crippen LogP contribution is -2.18. The summed E-state index contributed by atoms with van der Waals surface area (Å²) in [5.74, 6) is -0.877. The number of hydrogen-bond acceptors (Lipinski definition) is 2. The SMILES string of the molecule is CCOCc1ccc(C2CCC(CCc3ccc(C4CCC(O)CC4)c(F)c3F)CC2)c(F)c1. The summed E-state index contributed by atoms with van der Waals surface area (Å²) in [5.41, 5.74) is 2.56. The van der Waals surface area contributed by atoms with Gasteiger partial charge in [-0.3, -0.25) is 0 Å². The maximum absolute atomic E-state index is 14.8. The molecule has 0 unspecified atom stereocenters. The third-order valence-corrected chi connectivity index (χ3v) is 7.97. The molecule has 0 amide bonds. The van der Waals surface area contributed by atoms with Crippen molar-refractivity contribution in [2.45, 2.75) is 95.7 Å². The second-order valence-corrected chi connectivity index (χ2v) is 10.2. The molecule has 2 aliphatic carbocycles. The molecule has 186 valence electrons. The van der Waals surface area contributed by atoms with Gasteiger partial charge in [-0.1, -0.05) is 24.3 Å². The summed E-state index contributed by atoms with van der Waals surface area (Å²) in [6.07, 6.45) is 7.58. The molecule has 0 bridgehead atoms. The highest BCUT2D eigenvalue weighted by Crippen LogP contribution is 2.39. The fraction of sp³-hybridized carbons (Fsp3) is 0.586. The number of aliphatic hydroxyl groups excluding tert-OH is 1. The van der Waals surface area contributed by atoms with Crippen LogP contribution in [0.5, 0.6) is 0 Å². The molecule has 0 atom stereocenters. The fourth-order valence-corrected chi connectivity index (χ4v) is 5.83. The van der Waals surface area contributed by atoms with Gasteiger partial charge in [-0.2, -0.15) is 0 Å². The van der Waals surface area contributed by atoms with Crippen molar-refractivity contribution in [3.05, 3.63) is 70.0 Å². The molecule has 1 N–H and O–H groups in total. The van der Waals surface area contributed by atoms with E-state index >= 15 is 0 Å². The number of aliphatic hydroxyl groups is 1. The molecule has 5 heteroatoms. The first-order chi connectivity index (χ1) is 16.5. The molecule has 2 fully saturated rings. The lowest BCUT2D eigenvalue weighted by Gasteiger charge is -2.29. The van der Waals surface area contributed by atoms with Gasteiger partial charge < -0.3 is 9.84 Å². The van der Waals surface area contributed by atoms with E-state index in [2.05, 4.69) is 0 Å². The van der Waals surface area contributed by atoms with E-state index < -0.39 is 11.6 Å². The minimum Gasteiger partial charge on any atom is -0.393 e. The van der Waals surface area contributed by atoms with Crippen molar-refractivity contribution in [2.24, 2.45) is 5.92 Å². The van der Waals surface area contributed by atoms with Crippen LogP contribution in [0.1, 0.15) is 98.8 Å². The first-order valence-corrected chi connectivity index (χ1v) is 13.0. The summed E-state index contributed by atoms with van der Waals surface area (Å²) >= 11 is 0. The Morgan fingerprint density at radius 3 is 2.15 bits per heavy atom. The quantitative estimate of drug-likeness (QED) is 0.428. The summed E-state index contributed by atoms with van der Waals surface area (Å²) < 4.78 is 49.6. The van der Waals surface area contributed by atoms with Crippen molar-refractivity contribution in [3.63, 3.8) is 0 Å². The number of aryl methyl sites for hydroxylation is 1. The molecule has 2 nitrogen and oxygen atoms in total. The van der Waals surface area contributed by atoms with Crippen molar-refractivity contribution >= 4 is 0 Å². The van der Waals surface area contributed by atoms with Crippen molar-refractivity contribution in [1.82, 2.24) is 0 Å². The summed E-state index contributed by atoms with van der Waals surface area (Å²) in [4.78, 5) is 0. The Hall–Kier alpha value is -1.85. The molecule has 0 radical (unpaired) electrons. The standard InChI is InChI=1S/C29H37F3O2/c1-2-34-18-20-6-15-25(27(30)17-20)21-7-3-19(4-8-21)5-9-23-12-16-26(29(32)28(23)31)22-10-13-24(33)14-11-22/h6,12,15-17,19,21-22,24,33H,2-5,7-11,13-14,18H2,1H3. The van der Waals surface area contributed by atoms with E-state index in [0.717, 1.165) is 43.2 Å². The second kappa shape index (κ2) is 11.7. The van der Waals surface area contributed by atoms with Crippen LogP contribution in [-0.4, -0.2) is 17.8 Å². The predicted molar refractivity (Wildman–Crippen MR) is 128 cm³/mol. The zero-order chi connectivity index (χ0) is 24.1. The van der Waals surface area contributed by atoms with Crippen molar-refractivity contribution in [2.75, 3.05) is 6.61 Å². The summed E-state index contributed by atoms with van der Waals surface area (Å²) in [6.45, 7) is 2.97. The zero-order valence-corrected chi connectivity index (χ0v) is 20.2. The first kappa shape index (κ1) is 25.2. The van der Waals surface area contributed by atoms with E-state index in [1.165, 1.54) is 0 Å². The number of ether oxygens (including phenoxy) is 1. The molecule has 2 aromatic rings. The molecule has 2 aromatic carbocycles. The van der Waals surface area contributed by atoms with Crippen LogP contribution in [0.15, 0.2) is 30.3 Å². The Morgan fingerprint density at radius 1 is 0.824 bits per heavy atom. The monoisotopic (exact) mass is 474 g/mol. The average molecular weight is 475 g/mol. The Morgan fingerprint density at radius 2 is 1.47 bits per heavy atom. The topological polar surface area (TPSA) is 29.5 Å². The normalized spacial score (nSPS) is 25.4. The minimum atomic E-state index is -0.703. The molecule has 0 aliphatic heterocycles. The van der Waals surface area contributed by atoms with Gasteiger partial charge in [0.05, 0.1) is 12.7 Å². The summed E-state index contributed by atoms with van der Waals surface area (Å²) in [6, 6.07) is 8.96. The number of halogens is 3. The maximum atomic E-state index is 14.8. The van der Waals surface area contributed by atoms with Gasteiger partial charge in [-0.05, 0) is 117 Å². The lowest BCUT2D eigenvalue weighted by atomic mass is 9.76. The average Bonchev–Trinajstić information content (AvgIpc) is 2.85. The minimum absolute atomic E-state index is 0.00383. The molecular formula is C29H37F3O2. The van der Waals surface area contributed by atoms with Gasteiger partial charge in [0.15, 0.2) is 11.6 Å². The van der Waals surface area contributed by atoms with Gasteiger partial charge in [0, 0.05) is 6.61 Å². The zero-order valence-electron chi connectivity index (χ0n) is 20.2. The van der Waals surface area contributed by atoms with Gasteiger partial charge >= 0.3 is 0 Å². The van der Waals surface area contributed by atoms with Crippen LogP contribution in [0.2, 0.25) is 0 Å². The largest absolute Gasteiger partial charge is 0.393 e. The van der Waals surface area contributed by atoms with Crippen LogP contribution < -0.4 is 0 Å². The lowest BCUT2D eigenvalue weighted by molar-refractivity contribution is 0.122. The molecule has 4 rings (SSSR count). The highest BCUT2D eigenvalue weighted by molar-refractivity contribution is 5.30. The molecule has 0 aromatic heterocycles. The summed E-state index contributed by atoms with van der Waals surface area (Å²) in [7, 11) is 0. The fourth-order valence-electron chi connectivity index (χ4n) is 5.83. The van der Waals surface area contributed by atoms with E-state index in [1.807, 2.05) is 19.1 Å². The van der Waals surface area contributed by atoms with E-state index in [1.54, 1.807) is 18.2 Å². The van der Waals surface area contributed by atoms with Gasteiger partial charge in [-0.15, -0.1) is 0 Å². The van der Waals surface area contributed by atoms with Crippen LogP contribution in [0.25, 0.3) is 0 Å². The van der Waals surface area contributed by atoms with Crippen LogP contribution in [0.3, 0.4) is 0 Å². The summed E-state index contributed by atoms with van der Waals surface area (Å²) in [5, 5.41) is 9.68. The molecule has 2 aliphatic rings. The first-order valence-electron chi connectivity index (χ1n) is 13.0. The third-order valence-electron chi connectivity index (χ3n) is 7.97. The van der Waals surface area contributed by atoms with Gasteiger partial charge in [0.25, 0.3) is 0 Å². The van der Waals surface area contributed by atoms with E-state index in [9.17, 15) is 18.3 Å². The van der Waals surface area contributed by atoms with Gasteiger partial charge in [-0.25, -0.2) is 13.2 Å². The molecule has 2 saturated carbocycles. The number of hydrogen-bond donors (Lipinski definition) is 1. The molecule has 0 saturated heterocycles. The Balaban J connectivity index is 1.29.